The maximum atomic E-state index is 13.3. The van der Waals surface area contributed by atoms with Gasteiger partial charge in [0.05, 0.1) is 19.1 Å². The van der Waals surface area contributed by atoms with Gasteiger partial charge in [0.2, 0.25) is 11.4 Å². The molecule has 9 nitrogen and oxygen atoms in total. The van der Waals surface area contributed by atoms with E-state index in [1.807, 2.05) is 0 Å². The van der Waals surface area contributed by atoms with Crippen LogP contribution in [0.4, 0.5) is 0 Å². The van der Waals surface area contributed by atoms with Gasteiger partial charge in [-0.1, -0.05) is 30.3 Å². The lowest BCUT2D eigenvalue weighted by Gasteiger charge is -2.26. The fourth-order valence-corrected chi connectivity index (χ4v) is 4.15. The number of hydrogen-bond acceptors (Lipinski definition) is 8. The third-order valence-corrected chi connectivity index (χ3v) is 5.94. The molecule has 1 aliphatic rings. The van der Waals surface area contributed by atoms with Crippen LogP contribution in [0.15, 0.2) is 65.1 Å². The molecular weight excluding hydrogens is 426 g/mol. The van der Waals surface area contributed by atoms with E-state index in [2.05, 4.69) is 4.72 Å². The Labute approximate surface area is 179 Å². The summed E-state index contributed by atoms with van der Waals surface area (Å²) in [6, 6.07) is 12.3. The monoisotopic (exact) mass is 447 g/mol. The molecule has 0 radical (unpaired) electrons. The number of ketones is 1. The number of hydrogen-bond donors (Lipinski definition) is 1. The first kappa shape index (κ1) is 22.2. The lowest BCUT2D eigenvalue weighted by molar-refractivity contribution is -0.142. The normalized spacial score (nSPS) is 18.4. The largest absolute Gasteiger partial charge is 0.493 e. The fraction of sp³-hybridized carbons (Fsp3) is 0.238. The molecule has 0 saturated carbocycles. The average Bonchev–Trinajstić information content (AvgIpc) is 2.97. The summed E-state index contributed by atoms with van der Waals surface area (Å²) in [5.74, 6) is -2.08. The summed E-state index contributed by atoms with van der Waals surface area (Å²) < 4.78 is 49.2. The van der Waals surface area contributed by atoms with Crippen molar-refractivity contribution in [2.45, 2.75) is 24.3 Å². The summed E-state index contributed by atoms with van der Waals surface area (Å²) in [6.45, 7) is 2.51. The molecule has 0 fully saturated rings. The Morgan fingerprint density at radius 1 is 1.03 bits per heavy atom. The topological polar surface area (TPSA) is 117 Å². The van der Waals surface area contributed by atoms with E-state index in [4.69, 9.17) is 18.9 Å². The molecule has 0 aromatic heterocycles. The Kier molecular flexibility index (Phi) is 5.94. The molecule has 1 N–H and O–H groups in total. The molecule has 0 amide bonds. The van der Waals surface area contributed by atoms with Gasteiger partial charge in [0.15, 0.2) is 11.5 Å². The molecular formula is C21H21NO8S. The minimum absolute atomic E-state index is 0.0618. The van der Waals surface area contributed by atoms with Crippen LogP contribution in [0.3, 0.4) is 0 Å². The molecule has 0 saturated heterocycles. The highest BCUT2D eigenvalue weighted by molar-refractivity contribution is 7.89. The summed E-state index contributed by atoms with van der Waals surface area (Å²) >= 11 is 0. The number of rotatable bonds is 7. The summed E-state index contributed by atoms with van der Waals surface area (Å²) in [5.41, 5.74) is -1.49. The maximum absolute atomic E-state index is 13.3. The number of Topliss-reactive ketones (excluding diaryl/α,β-unsaturated/α-hetero) is 1. The van der Waals surface area contributed by atoms with E-state index in [-0.39, 0.29) is 16.2 Å². The van der Waals surface area contributed by atoms with Gasteiger partial charge in [0.25, 0.3) is 21.7 Å². The third-order valence-electron chi connectivity index (χ3n) is 4.60. The molecule has 10 heteroatoms. The Morgan fingerprint density at radius 2 is 1.71 bits per heavy atom. The van der Waals surface area contributed by atoms with E-state index in [0.29, 0.717) is 5.75 Å². The van der Waals surface area contributed by atoms with Gasteiger partial charge >= 0.3 is 5.97 Å². The molecule has 0 bridgehead atoms. The van der Waals surface area contributed by atoms with Gasteiger partial charge in [0, 0.05) is 12.5 Å². The van der Waals surface area contributed by atoms with Crippen LogP contribution in [0.1, 0.15) is 19.4 Å². The summed E-state index contributed by atoms with van der Waals surface area (Å²) in [5, 5.41) is 0. The third kappa shape index (κ3) is 4.06. The zero-order valence-electron chi connectivity index (χ0n) is 17.3. The van der Waals surface area contributed by atoms with E-state index in [9.17, 15) is 18.0 Å². The lowest BCUT2D eigenvalue weighted by Crippen LogP contribution is -2.33. The van der Waals surface area contributed by atoms with Gasteiger partial charge in [-0.25, -0.2) is 13.1 Å². The van der Waals surface area contributed by atoms with Crippen LogP contribution in [0.25, 0.3) is 0 Å². The van der Waals surface area contributed by atoms with Crippen molar-refractivity contribution in [1.29, 1.82) is 0 Å². The Hall–Kier alpha value is -3.53. The molecule has 1 unspecified atom stereocenters. The van der Waals surface area contributed by atoms with Gasteiger partial charge in [0.1, 0.15) is 0 Å². The van der Waals surface area contributed by atoms with Crippen molar-refractivity contribution in [2.24, 2.45) is 0 Å². The highest BCUT2D eigenvalue weighted by Crippen LogP contribution is 2.45. The lowest BCUT2D eigenvalue weighted by atomic mass is 9.90. The fourth-order valence-electron chi connectivity index (χ4n) is 3.14. The highest BCUT2D eigenvalue weighted by Gasteiger charge is 2.52. The van der Waals surface area contributed by atoms with Crippen LogP contribution in [0.5, 0.6) is 11.5 Å². The van der Waals surface area contributed by atoms with Gasteiger partial charge < -0.3 is 18.9 Å². The van der Waals surface area contributed by atoms with Gasteiger partial charge in [-0.15, -0.1) is 0 Å². The maximum Gasteiger partial charge on any atom is 0.308 e. The SMILES string of the molecule is COc1cccc(C2(C)OC(NS(=O)(=O)c3ccccc3)=C(OC(C)=O)C2=O)c1OC. The van der Waals surface area contributed by atoms with Crippen LogP contribution in [0.2, 0.25) is 0 Å². The second kappa shape index (κ2) is 8.31. The number of benzene rings is 2. The zero-order chi connectivity index (χ0) is 22.8. The second-order valence-corrected chi connectivity index (χ2v) is 8.36. The second-order valence-electron chi connectivity index (χ2n) is 6.68. The van der Waals surface area contributed by atoms with Crippen molar-refractivity contribution in [3.8, 4) is 11.5 Å². The average molecular weight is 447 g/mol. The number of carbonyl (C=O) groups is 2. The highest BCUT2D eigenvalue weighted by atomic mass is 32.2. The molecule has 164 valence electrons. The minimum Gasteiger partial charge on any atom is -0.493 e. The standard InChI is InChI=1S/C21H21NO8S/c1-13(23)29-18-19(24)21(2,15-11-8-12-16(27-3)17(15)28-4)30-20(18)22-31(25,26)14-9-6-5-7-10-14/h5-12,22H,1-4H3. The number of sulfonamides is 1. The number of methoxy groups -OCH3 is 2. The van der Waals surface area contributed by atoms with Gasteiger partial charge in [-0.2, -0.15) is 0 Å². The molecule has 2 aromatic rings. The first-order valence-corrected chi connectivity index (χ1v) is 10.6. The Morgan fingerprint density at radius 3 is 2.29 bits per heavy atom. The van der Waals surface area contributed by atoms with Crippen molar-refractivity contribution < 1.29 is 37.0 Å². The molecule has 3 rings (SSSR count). The number of ether oxygens (including phenoxy) is 4. The van der Waals surface area contributed by atoms with Crippen molar-refractivity contribution in [3.05, 3.63) is 65.7 Å². The first-order chi connectivity index (χ1) is 14.6. The Bertz CT molecular complexity index is 1160. The number of nitrogens with one attached hydrogen (secondary N) is 1. The molecule has 1 atom stereocenters. The Balaban J connectivity index is 2.08. The van der Waals surface area contributed by atoms with Crippen molar-refractivity contribution in [1.82, 2.24) is 4.72 Å². The van der Waals surface area contributed by atoms with Crippen LogP contribution in [0, 0.1) is 0 Å². The van der Waals surface area contributed by atoms with Gasteiger partial charge in [-0.05, 0) is 25.1 Å². The number of esters is 1. The summed E-state index contributed by atoms with van der Waals surface area (Å²) in [4.78, 5) is 24.8. The molecule has 1 heterocycles. The molecule has 31 heavy (non-hydrogen) atoms. The van der Waals surface area contributed by atoms with Crippen LogP contribution < -0.4 is 14.2 Å². The number of carbonyl (C=O) groups excluding carboxylic acids is 2. The smallest absolute Gasteiger partial charge is 0.308 e. The van der Waals surface area contributed by atoms with E-state index in [1.54, 1.807) is 36.4 Å². The van der Waals surface area contributed by atoms with E-state index >= 15 is 0 Å². The molecule has 1 aliphatic heterocycles. The molecule has 2 aromatic carbocycles. The van der Waals surface area contributed by atoms with Crippen LogP contribution in [-0.2, 0) is 34.7 Å². The van der Waals surface area contributed by atoms with E-state index < -0.39 is 39.0 Å². The zero-order valence-corrected chi connectivity index (χ0v) is 18.1. The molecule has 0 aliphatic carbocycles. The predicted molar refractivity (Wildman–Crippen MR) is 109 cm³/mol. The van der Waals surface area contributed by atoms with Gasteiger partial charge in [-0.3, -0.25) is 9.59 Å². The first-order valence-electron chi connectivity index (χ1n) is 9.10. The van der Waals surface area contributed by atoms with E-state index in [0.717, 1.165) is 6.92 Å². The minimum atomic E-state index is -4.13. The molecule has 0 spiro atoms. The van der Waals surface area contributed by atoms with Crippen LogP contribution in [-0.4, -0.2) is 34.4 Å². The van der Waals surface area contributed by atoms with E-state index in [1.165, 1.54) is 33.3 Å². The number of para-hydroxylation sites is 1. The predicted octanol–water partition coefficient (Wildman–Crippen LogP) is 2.23. The summed E-state index contributed by atoms with van der Waals surface area (Å²) in [7, 11) is -1.30. The quantitative estimate of drug-likeness (QED) is 0.642. The van der Waals surface area contributed by atoms with Crippen molar-refractivity contribution in [2.75, 3.05) is 14.2 Å². The van der Waals surface area contributed by atoms with Crippen molar-refractivity contribution >= 4 is 21.8 Å². The summed E-state index contributed by atoms with van der Waals surface area (Å²) in [6.07, 6.45) is 0. The van der Waals surface area contributed by atoms with Crippen molar-refractivity contribution in [3.63, 3.8) is 0 Å². The van der Waals surface area contributed by atoms with Crippen LogP contribution >= 0.6 is 0 Å².